The molecule has 1 aliphatic heterocycles. The highest BCUT2D eigenvalue weighted by atomic mass is 16.2. The molecule has 3 rings (SSSR count). The third-order valence-corrected chi connectivity index (χ3v) is 4.64. The summed E-state index contributed by atoms with van der Waals surface area (Å²) in [5.74, 6) is 0.416. The summed E-state index contributed by atoms with van der Waals surface area (Å²) in [6.45, 7) is 5.90. The molecule has 1 aromatic heterocycles. The lowest BCUT2D eigenvalue weighted by Gasteiger charge is -2.31. The molecule has 110 valence electrons. The molecule has 0 bridgehead atoms. The summed E-state index contributed by atoms with van der Waals surface area (Å²) in [6, 6.07) is 9.72. The van der Waals surface area contributed by atoms with Gasteiger partial charge in [-0.1, -0.05) is 19.9 Å². The standard InChI is InChI=1S/C17H21N3O/c1-12(2)17(8-10-18-11-17)16(21)20-15-7-3-6-14-13(15)5-4-9-19-14/h3-7,9,12,18H,8,10-11H2,1-2H3,(H,20,21). The van der Waals surface area contributed by atoms with E-state index in [9.17, 15) is 4.79 Å². The molecule has 4 heteroatoms. The zero-order valence-electron chi connectivity index (χ0n) is 12.5. The van der Waals surface area contributed by atoms with Gasteiger partial charge >= 0.3 is 0 Å². The van der Waals surface area contributed by atoms with Gasteiger partial charge in [-0.3, -0.25) is 9.78 Å². The Labute approximate surface area is 125 Å². The van der Waals surface area contributed by atoms with Gasteiger partial charge in [0.15, 0.2) is 0 Å². The van der Waals surface area contributed by atoms with Crippen LogP contribution in [0.1, 0.15) is 20.3 Å². The Kier molecular flexibility index (Phi) is 3.64. The van der Waals surface area contributed by atoms with E-state index in [1.807, 2.05) is 30.3 Å². The number of fused-ring (bicyclic) bond motifs is 1. The van der Waals surface area contributed by atoms with Gasteiger partial charge in [0.25, 0.3) is 0 Å². The van der Waals surface area contributed by atoms with Gasteiger partial charge in [-0.05, 0) is 43.1 Å². The van der Waals surface area contributed by atoms with Crippen LogP contribution >= 0.6 is 0 Å². The number of carbonyl (C=O) groups excluding carboxylic acids is 1. The van der Waals surface area contributed by atoms with E-state index in [1.54, 1.807) is 6.20 Å². The number of aromatic nitrogens is 1. The van der Waals surface area contributed by atoms with Crippen molar-refractivity contribution < 1.29 is 4.79 Å². The number of hydrogen-bond donors (Lipinski definition) is 2. The molecule has 2 heterocycles. The molecule has 1 aliphatic rings. The highest BCUT2D eigenvalue weighted by Crippen LogP contribution is 2.36. The Morgan fingerprint density at radius 2 is 2.19 bits per heavy atom. The first kappa shape index (κ1) is 14.0. The van der Waals surface area contributed by atoms with Crippen molar-refractivity contribution in [3.63, 3.8) is 0 Å². The highest BCUT2D eigenvalue weighted by molar-refractivity contribution is 6.03. The maximum atomic E-state index is 12.9. The number of pyridine rings is 1. The molecular weight excluding hydrogens is 262 g/mol. The van der Waals surface area contributed by atoms with E-state index in [4.69, 9.17) is 0 Å². The van der Waals surface area contributed by atoms with Crippen molar-refractivity contribution in [2.45, 2.75) is 20.3 Å². The number of benzene rings is 1. The van der Waals surface area contributed by atoms with Gasteiger partial charge in [0.1, 0.15) is 0 Å². The molecular formula is C17H21N3O. The summed E-state index contributed by atoms with van der Waals surface area (Å²) in [5, 5.41) is 7.44. The molecule has 0 saturated carbocycles. The van der Waals surface area contributed by atoms with Crippen LogP contribution in [0.25, 0.3) is 10.9 Å². The summed E-state index contributed by atoms with van der Waals surface area (Å²) < 4.78 is 0. The van der Waals surface area contributed by atoms with Gasteiger partial charge in [0, 0.05) is 18.1 Å². The number of hydrogen-bond acceptors (Lipinski definition) is 3. The van der Waals surface area contributed by atoms with Crippen molar-refractivity contribution in [3.05, 3.63) is 36.5 Å². The lowest BCUT2D eigenvalue weighted by Crippen LogP contribution is -2.42. The minimum atomic E-state index is -0.315. The monoisotopic (exact) mass is 283 g/mol. The quantitative estimate of drug-likeness (QED) is 0.910. The summed E-state index contributed by atoms with van der Waals surface area (Å²) in [6.07, 6.45) is 2.66. The average molecular weight is 283 g/mol. The molecule has 1 atom stereocenters. The Morgan fingerprint density at radius 1 is 1.33 bits per heavy atom. The first-order valence-corrected chi connectivity index (χ1v) is 7.49. The zero-order chi connectivity index (χ0) is 14.9. The van der Waals surface area contributed by atoms with Crippen LogP contribution in [0.5, 0.6) is 0 Å². The van der Waals surface area contributed by atoms with Crippen LogP contribution in [-0.2, 0) is 4.79 Å². The summed E-state index contributed by atoms with van der Waals surface area (Å²) in [5.41, 5.74) is 1.43. The van der Waals surface area contributed by atoms with E-state index in [0.717, 1.165) is 36.1 Å². The zero-order valence-corrected chi connectivity index (χ0v) is 12.5. The second-order valence-corrected chi connectivity index (χ2v) is 6.07. The predicted octanol–water partition coefficient (Wildman–Crippen LogP) is 2.81. The molecule has 2 N–H and O–H groups in total. The number of carbonyl (C=O) groups is 1. The normalized spacial score (nSPS) is 21.9. The van der Waals surface area contributed by atoms with Gasteiger partial charge in [0.05, 0.1) is 16.6 Å². The van der Waals surface area contributed by atoms with Crippen LogP contribution < -0.4 is 10.6 Å². The molecule has 1 saturated heterocycles. The van der Waals surface area contributed by atoms with E-state index >= 15 is 0 Å². The summed E-state index contributed by atoms with van der Waals surface area (Å²) in [7, 11) is 0. The molecule has 4 nitrogen and oxygen atoms in total. The maximum absolute atomic E-state index is 12.9. The molecule has 0 aliphatic carbocycles. The van der Waals surface area contributed by atoms with Crippen LogP contribution in [0.4, 0.5) is 5.69 Å². The predicted molar refractivity (Wildman–Crippen MR) is 85.1 cm³/mol. The van der Waals surface area contributed by atoms with Crippen LogP contribution in [0.2, 0.25) is 0 Å². The van der Waals surface area contributed by atoms with Crippen molar-refractivity contribution in [1.29, 1.82) is 0 Å². The van der Waals surface area contributed by atoms with E-state index in [1.165, 1.54) is 0 Å². The first-order valence-electron chi connectivity index (χ1n) is 7.49. The van der Waals surface area contributed by atoms with Crippen molar-refractivity contribution >= 4 is 22.5 Å². The number of nitrogens with zero attached hydrogens (tertiary/aromatic N) is 1. The second-order valence-electron chi connectivity index (χ2n) is 6.07. The number of amides is 1. The van der Waals surface area contributed by atoms with E-state index in [-0.39, 0.29) is 11.3 Å². The molecule has 0 radical (unpaired) electrons. The topological polar surface area (TPSA) is 54.0 Å². The van der Waals surface area contributed by atoms with Crippen molar-refractivity contribution in [2.75, 3.05) is 18.4 Å². The lowest BCUT2D eigenvalue weighted by molar-refractivity contribution is -0.126. The lowest BCUT2D eigenvalue weighted by atomic mass is 9.75. The summed E-state index contributed by atoms with van der Waals surface area (Å²) >= 11 is 0. The molecule has 1 fully saturated rings. The van der Waals surface area contributed by atoms with Crippen LogP contribution in [0, 0.1) is 11.3 Å². The van der Waals surface area contributed by atoms with E-state index in [2.05, 4.69) is 29.5 Å². The average Bonchev–Trinajstić information content (AvgIpc) is 2.98. The van der Waals surface area contributed by atoms with Crippen molar-refractivity contribution in [3.8, 4) is 0 Å². The molecule has 1 aromatic carbocycles. The van der Waals surface area contributed by atoms with Crippen LogP contribution in [0.3, 0.4) is 0 Å². The van der Waals surface area contributed by atoms with E-state index in [0.29, 0.717) is 5.92 Å². The van der Waals surface area contributed by atoms with Gasteiger partial charge in [-0.2, -0.15) is 0 Å². The SMILES string of the molecule is CC(C)C1(C(=O)Nc2cccc3ncccc23)CCNC1. The second kappa shape index (κ2) is 5.45. The maximum Gasteiger partial charge on any atom is 0.232 e. The molecule has 1 unspecified atom stereocenters. The fraction of sp³-hybridized carbons (Fsp3) is 0.412. The third-order valence-electron chi connectivity index (χ3n) is 4.64. The third kappa shape index (κ3) is 2.40. The van der Waals surface area contributed by atoms with Gasteiger partial charge in [-0.15, -0.1) is 0 Å². The van der Waals surface area contributed by atoms with Crippen LogP contribution in [0.15, 0.2) is 36.5 Å². The highest BCUT2D eigenvalue weighted by Gasteiger charge is 2.43. The van der Waals surface area contributed by atoms with Crippen molar-refractivity contribution in [1.82, 2.24) is 10.3 Å². The molecule has 2 aromatic rings. The fourth-order valence-electron chi connectivity index (χ4n) is 3.12. The molecule has 0 spiro atoms. The minimum Gasteiger partial charge on any atom is -0.325 e. The van der Waals surface area contributed by atoms with Crippen molar-refractivity contribution in [2.24, 2.45) is 11.3 Å². The van der Waals surface area contributed by atoms with Gasteiger partial charge in [0.2, 0.25) is 5.91 Å². The van der Waals surface area contributed by atoms with Gasteiger partial charge < -0.3 is 10.6 Å². The number of rotatable bonds is 3. The number of anilines is 1. The Morgan fingerprint density at radius 3 is 2.90 bits per heavy atom. The largest absolute Gasteiger partial charge is 0.325 e. The van der Waals surface area contributed by atoms with Crippen LogP contribution in [-0.4, -0.2) is 24.0 Å². The smallest absolute Gasteiger partial charge is 0.232 e. The summed E-state index contributed by atoms with van der Waals surface area (Å²) in [4.78, 5) is 17.2. The Bertz CT molecular complexity index is 655. The first-order chi connectivity index (χ1) is 10.1. The molecule has 21 heavy (non-hydrogen) atoms. The Balaban J connectivity index is 1.93. The Hall–Kier alpha value is -1.94. The van der Waals surface area contributed by atoms with E-state index < -0.39 is 0 Å². The molecule has 1 amide bonds. The van der Waals surface area contributed by atoms with Gasteiger partial charge in [-0.25, -0.2) is 0 Å². The number of nitrogens with one attached hydrogen (secondary N) is 2. The fourth-order valence-corrected chi connectivity index (χ4v) is 3.12. The minimum absolute atomic E-state index is 0.110.